The Kier molecular flexibility index (Phi) is 4.54. The van der Waals surface area contributed by atoms with Crippen molar-refractivity contribution in [2.24, 2.45) is 13.0 Å². The Morgan fingerprint density at radius 2 is 2.22 bits per heavy atom. The molecule has 2 aliphatic rings. The quantitative estimate of drug-likeness (QED) is 0.887. The SMILES string of the molecule is CN1CC(NC(=O)N2CCCC(Cc3nccn3C)C2)CC1=O. The van der Waals surface area contributed by atoms with Gasteiger partial charge in [0, 0.05) is 59.0 Å². The summed E-state index contributed by atoms with van der Waals surface area (Å²) in [6.45, 7) is 2.16. The molecule has 0 spiro atoms. The van der Waals surface area contributed by atoms with Gasteiger partial charge in [-0.25, -0.2) is 9.78 Å². The van der Waals surface area contributed by atoms with Crippen molar-refractivity contribution in [1.29, 1.82) is 0 Å². The molecule has 2 atom stereocenters. The van der Waals surface area contributed by atoms with Gasteiger partial charge < -0.3 is 19.7 Å². The summed E-state index contributed by atoms with van der Waals surface area (Å²) in [5.41, 5.74) is 0. The Morgan fingerprint density at radius 1 is 1.39 bits per heavy atom. The van der Waals surface area contributed by atoms with Gasteiger partial charge in [-0.3, -0.25) is 4.79 Å². The van der Waals surface area contributed by atoms with E-state index in [1.54, 1.807) is 11.9 Å². The van der Waals surface area contributed by atoms with Gasteiger partial charge in [0.1, 0.15) is 5.82 Å². The number of likely N-dealkylation sites (tertiary alicyclic amines) is 2. The second-order valence-electron chi connectivity index (χ2n) is 6.74. The number of carbonyl (C=O) groups excluding carboxylic acids is 2. The molecule has 0 radical (unpaired) electrons. The van der Waals surface area contributed by atoms with Crippen LogP contribution in [0, 0.1) is 5.92 Å². The minimum absolute atomic E-state index is 0.0392. The minimum atomic E-state index is -0.0603. The maximum absolute atomic E-state index is 12.4. The molecule has 3 heterocycles. The predicted molar refractivity (Wildman–Crippen MR) is 85.8 cm³/mol. The first-order valence-corrected chi connectivity index (χ1v) is 8.28. The van der Waals surface area contributed by atoms with E-state index in [1.807, 2.05) is 28.9 Å². The summed E-state index contributed by atoms with van der Waals surface area (Å²) in [6, 6.07) is -0.0995. The Hall–Kier alpha value is -2.05. The van der Waals surface area contributed by atoms with E-state index in [1.165, 1.54) is 0 Å². The highest BCUT2D eigenvalue weighted by molar-refractivity contribution is 5.81. The van der Waals surface area contributed by atoms with E-state index < -0.39 is 0 Å². The Morgan fingerprint density at radius 3 is 2.87 bits per heavy atom. The molecule has 23 heavy (non-hydrogen) atoms. The van der Waals surface area contributed by atoms with Crippen LogP contribution in [0.15, 0.2) is 12.4 Å². The summed E-state index contributed by atoms with van der Waals surface area (Å²) in [6.07, 6.45) is 7.23. The summed E-state index contributed by atoms with van der Waals surface area (Å²) in [5, 5.41) is 3.00. The predicted octanol–water partition coefficient (Wildman–Crippen LogP) is 0.615. The summed E-state index contributed by atoms with van der Waals surface area (Å²) in [5.74, 6) is 1.62. The maximum atomic E-state index is 12.4. The van der Waals surface area contributed by atoms with E-state index in [9.17, 15) is 9.59 Å². The van der Waals surface area contributed by atoms with Crippen molar-refractivity contribution >= 4 is 11.9 Å². The molecule has 2 aliphatic heterocycles. The lowest BCUT2D eigenvalue weighted by Crippen LogP contribution is -2.49. The molecule has 2 saturated heterocycles. The molecule has 1 N–H and O–H groups in total. The van der Waals surface area contributed by atoms with E-state index in [0.717, 1.165) is 38.2 Å². The zero-order valence-electron chi connectivity index (χ0n) is 13.9. The second kappa shape index (κ2) is 6.60. The highest BCUT2D eigenvalue weighted by Gasteiger charge is 2.31. The first-order chi connectivity index (χ1) is 11.0. The third-order valence-corrected chi connectivity index (χ3v) is 4.87. The molecule has 0 bridgehead atoms. The third-order valence-electron chi connectivity index (χ3n) is 4.87. The van der Waals surface area contributed by atoms with Crippen molar-refractivity contribution in [2.45, 2.75) is 31.7 Å². The molecule has 0 aliphatic carbocycles. The Labute approximate surface area is 136 Å². The van der Waals surface area contributed by atoms with Crippen LogP contribution in [0.2, 0.25) is 0 Å². The number of rotatable bonds is 3. The number of hydrogen-bond donors (Lipinski definition) is 1. The van der Waals surface area contributed by atoms with Gasteiger partial charge in [0.05, 0.1) is 6.04 Å². The molecule has 2 unspecified atom stereocenters. The number of aryl methyl sites for hydroxylation is 1. The minimum Gasteiger partial charge on any atom is -0.344 e. The van der Waals surface area contributed by atoms with Gasteiger partial charge in [0.25, 0.3) is 0 Å². The van der Waals surface area contributed by atoms with Gasteiger partial charge in [-0.05, 0) is 18.8 Å². The number of piperidine rings is 1. The number of aromatic nitrogens is 2. The van der Waals surface area contributed by atoms with Crippen LogP contribution in [0.5, 0.6) is 0 Å². The summed E-state index contributed by atoms with van der Waals surface area (Å²) >= 11 is 0. The van der Waals surface area contributed by atoms with E-state index >= 15 is 0 Å². The average molecular weight is 319 g/mol. The van der Waals surface area contributed by atoms with Crippen molar-refractivity contribution in [3.63, 3.8) is 0 Å². The topological polar surface area (TPSA) is 70.5 Å². The normalized spacial score (nSPS) is 25.0. The second-order valence-corrected chi connectivity index (χ2v) is 6.74. The lowest BCUT2D eigenvalue weighted by atomic mass is 9.94. The Bertz CT molecular complexity index is 585. The van der Waals surface area contributed by atoms with Crippen molar-refractivity contribution in [1.82, 2.24) is 24.7 Å². The third kappa shape index (κ3) is 3.65. The largest absolute Gasteiger partial charge is 0.344 e. The number of carbonyl (C=O) groups is 2. The first kappa shape index (κ1) is 15.8. The highest BCUT2D eigenvalue weighted by Crippen LogP contribution is 2.20. The van der Waals surface area contributed by atoms with Gasteiger partial charge in [0.15, 0.2) is 0 Å². The average Bonchev–Trinajstić information content (AvgIpc) is 3.06. The van der Waals surface area contributed by atoms with Gasteiger partial charge in [-0.2, -0.15) is 0 Å². The molecule has 7 nitrogen and oxygen atoms in total. The van der Waals surface area contributed by atoms with Crippen LogP contribution in [0.4, 0.5) is 4.79 Å². The monoisotopic (exact) mass is 319 g/mol. The molecule has 3 amide bonds. The molecule has 1 aromatic rings. The molecule has 126 valence electrons. The van der Waals surface area contributed by atoms with Gasteiger partial charge in [0.2, 0.25) is 5.91 Å². The van der Waals surface area contributed by atoms with E-state index in [-0.39, 0.29) is 18.0 Å². The lowest BCUT2D eigenvalue weighted by molar-refractivity contribution is -0.126. The fourth-order valence-electron chi connectivity index (χ4n) is 3.49. The molecule has 0 aromatic carbocycles. The standard InChI is InChI=1S/C16H25N5O2/c1-19-7-5-17-14(19)8-12-4-3-6-21(10-12)16(23)18-13-9-15(22)20(2)11-13/h5,7,12-13H,3-4,6,8-11H2,1-2H3,(H,18,23). The van der Waals surface area contributed by atoms with Crippen LogP contribution in [0.1, 0.15) is 25.1 Å². The molecule has 1 aromatic heterocycles. The number of likely N-dealkylation sites (N-methyl/N-ethyl adjacent to an activating group) is 1. The molecule has 0 saturated carbocycles. The zero-order valence-corrected chi connectivity index (χ0v) is 13.9. The smallest absolute Gasteiger partial charge is 0.317 e. The summed E-state index contributed by atoms with van der Waals surface area (Å²) < 4.78 is 2.04. The van der Waals surface area contributed by atoms with Gasteiger partial charge >= 0.3 is 6.03 Å². The summed E-state index contributed by atoms with van der Waals surface area (Å²) in [7, 11) is 3.78. The molecular formula is C16H25N5O2. The Balaban J connectivity index is 1.52. The fourth-order valence-corrected chi connectivity index (χ4v) is 3.49. The molecule has 7 heteroatoms. The van der Waals surface area contributed by atoms with E-state index in [0.29, 0.717) is 18.9 Å². The molecular weight excluding hydrogens is 294 g/mol. The number of urea groups is 1. The van der Waals surface area contributed by atoms with E-state index in [4.69, 9.17) is 0 Å². The lowest BCUT2D eigenvalue weighted by Gasteiger charge is -2.33. The number of nitrogens with zero attached hydrogens (tertiary/aromatic N) is 4. The summed E-state index contributed by atoms with van der Waals surface area (Å²) in [4.78, 5) is 31.9. The van der Waals surface area contributed by atoms with Crippen molar-refractivity contribution < 1.29 is 9.59 Å². The zero-order chi connectivity index (χ0) is 16.4. The van der Waals surface area contributed by atoms with Crippen molar-refractivity contribution in [2.75, 3.05) is 26.7 Å². The number of amides is 3. The molecule has 2 fully saturated rings. The number of nitrogens with one attached hydrogen (secondary N) is 1. The van der Waals surface area contributed by atoms with Gasteiger partial charge in [-0.1, -0.05) is 0 Å². The highest BCUT2D eigenvalue weighted by atomic mass is 16.2. The van der Waals surface area contributed by atoms with Crippen LogP contribution < -0.4 is 5.32 Å². The van der Waals surface area contributed by atoms with Crippen LogP contribution in [-0.4, -0.2) is 64.0 Å². The van der Waals surface area contributed by atoms with Crippen molar-refractivity contribution in [3.05, 3.63) is 18.2 Å². The maximum Gasteiger partial charge on any atom is 0.317 e. The number of hydrogen-bond acceptors (Lipinski definition) is 3. The van der Waals surface area contributed by atoms with Crippen LogP contribution in [-0.2, 0) is 18.3 Å². The first-order valence-electron chi connectivity index (χ1n) is 8.28. The number of imidazole rings is 1. The molecule has 3 rings (SSSR count). The van der Waals surface area contributed by atoms with Gasteiger partial charge in [-0.15, -0.1) is 0 Å². The van der Waals surface area contributed by atoms with Crippen LogP contribution in [0.3, 0.4) is 0 Å². The van der Waals surface area contributed by atoms with Crippen LogP contribution >= 0.6 is 0 Å². The van der Waals surface area contributed by atoms with Crippen LogP contribution in [0.25, 0.3) is 0 Å². The fraction of sp³-hybridized carbons (Fsp3) is 0.688. The van der Waals surface area contributed by atoms with E-state index in [2.05, 4.69) is 10.3 Å². The van der Waals surface area contributed by atoms with Crippen molar-refractivity contribution in [3.8, 4) is 0 Å².